The molecule has 0 saturated carbocycles. The summed E-state index contributed by atoms with van der Waals surface area (Å²) in [6.07, 6.45) is -0.425. The van der Waals surface area contributed by atoms with E-state index in [2.05, 4.69) is 5.32 Å². The van der Waals surface area contributed by atoms with Crippen LogP contribution < -0.4 is 5.32 Å². The highest BCUT2D eigenvalue weighted by Gasteiger charge is 2.27. The number of carbonyl (C=O) groups excluding carboxylic acids is 1. The SMILES string of the molecule is O=C(O)Nc1ccccc1C(=O)N1CCC(CO)C1. The smallest absolute Gasteiger partial charge is 0.409 e. The van der Waals surface area contributed by atoms with Crippen molar-refractivity contribution in [2.75, 3.05) is 25.0 Å². The number of benzene rings is 1. The molecule has 0 spiro atoms. The Morgan fingerprint density at radius 2 is 2.11 bits per heavy atom. The minimum absolute atomic E-state index is 0.0683. The van der Waals surface area contributed by atoms with E-state index in [9.17, 15) is 9.59 Å². The van der Waals surface area contributed by atoms with Crippen LogP contribution in [0.1, 0.15) is 16.8 Å². The van der Waals surface area contributed by atoms with Crippen molar-refractivity contribution < 1.29 is 19.8 Å². The second-order valence-corrected chi connectivity index (χ2v) is 4.56. The third-order valence-electron chi connectivity index (χ3n) is 3.23. The lowest BCUT2D eigenvalue weighted by molar-refractivity contribution is 0.0783. The number of para-hydroxylation sites is 1. The fraction of sp³-hybridized carbons (Fsp3) is 0.385. The zero-order chi connectivity index (χ0) is 13.8. The number of aliphatic hydroxyl groups is 1. The zero-order valence-corrected chi connectivity index (χ0v) is 10.4. The van der Waals surface area contributed by atoms with Gasteiger partial charge in [0.15, 0.2) is 0 Å². The fourth-order valence-electron chi connectivity index (χ4n) is 2.23. The van der Waals surface area contributed by atoms with Crippen LogP contribution in [-0.4, -0.2) is 46.8 Å². The summed E-state index contributed by atoms with van der Waals surface area (Å²) in [5.41, 5.74) is 0.621. The van der Waals surface area contributed by atoms with E-state index in [1.807, 2.05) is 0 Å². The molecule has 1 saturated heterocycles. The number of carboxylic acid groups (broad SMARTS) is 1. The number of amides is 2. The van der Waals surface area contributed by atoms with Gasteiger partial charge in [0.25, 0.3) is 5.91 Å². The van der Waals surface area contributed by atoms with Crippen LogP contribution in [0.3, 0.4) is 0 Å². The maximum atomic E-state index is 12.3. The Morgan fingerprint density at radius 1 is 1.37 bits per heavy atom. The molecule has 102 valence electrons. The lowest BCUT2D eigenvalue weighted by Gasteiger charge is -2.18. The average Bonchev–Trinajstić information content (AvgIpc) is 2.86. The second-order valence-electron chi connectivity index (χ2n) is 4.56. The van der Waals surface area contributed by atoms with Crippen molar-refractivity contribution in [3.63, 3.8) is 0 Å². The number of aliphatic hydroxyl groups excluding tert-OH is 1. The number of hydrogen-bond acceptors (Lipinski definition) is 3. The minimum Gasteiger partial charge on any atom is -0.465 e. The Bertz CT molecular complexity index is 489. The first-order chi connectivity index (χ1) is 9.11. The van der Waals surface area contributed by atoms with Crippen LogP contribution in [0.4, 0.5) is 10.5 Å². The van der Waals surface area contributed by atoms with E-state index in [0.717, 1.165) is 6.42 Å². The summed E-state index contributed by atoms with van der Waals surface area (Å²) in [6.45, 7) is 1.17. The van der Waals surface area contributed by atoms with Gasteiger partial charge in [0.2, 0.25) is 0 Å². The number of nitrogens with one attached hydrogen (secondary N) is 1. The van der Waals surface area contributed by atoms with Crippen LogP contribution in [0.25, 0.3) is 0 Å². The number of rotatable bonds is 3. The number of carbonyl (C=O) groups is 2. The van der Waals surface area contributed by atoms with E-state index in [4.69, 9.17) is 10.2 Å². The van der Waals surface area contributed by atoms with Gasteiger partial charge < -0.3 is 15.1 Å². The molecule has 0 aromatic heterocycles. The number of anilines is 1. The molecule has 1 fully saturated rings. The summed E-state index contributed by atoms with van der Waals surface area (Å²) in [7, 11) is 0. The molecular formula is C13H16N2O4. The summed E-state index contributed by atoms with van der Waals surface area (Å²) in [6, 6.07) is 6.52. The van der Waals surface area contributed by atoms with Gasteiger partial charge in [0, 0.05) is 25.6 Å². The van der Waals surface area contributed by atoms with Crippen molar-refractivity contribution in [1.29, 1.82) is 0 Å². The highest BCUT2D eigenvalue weighted by molar-refractivity contribution is 6.02. The van der Waals surface area contributed by atoms with Crippen LogP contribution in [0, 0.1) is 5.92 Å². The third-order valence-corrected chi connectivity index (χ3v) is 3.23. The van der Waals surface area contributed by atoms with E-state index in [0.29, 0.717) is 18.7 Å². The molecule has 0 bridgehead atoms. The van der Waals surface area contributed by atoms with Gasteiger partial charge in [-0.15, -0.1) is 0 Å². The molecule has 1 unspecified atom stereocenters. The number of nitrogens with zero attached hydrogens (tertiary/aromatic N) is 1. The highest BCUT2D eigenvalue weighted by atomic mass is 16.4. The minimum atomic E-state index is -1.20. The van der Waals surface area contributed by atoms with Gasteiger partial charge in [-0.25, -0.2) is 4.79 Å². The Kier molecular flexibility index (Phi) is 4.01. The van der Waals surface area contributed by atoms with E-state index in [1.54, 1.807) is 29.2 Å². The largest absolute Gasteiger partial charge is 0.465 e. The van der Waals surface area contributed by atoms with Gasteiger partial charge in [0.1, 0.15) is 0 Å². The van der Waals surface area contributed by atoms with Crippen LogP contribution in [0.5, 0.6) is 0 Å². The zero-order valence-electron chi connectivity index (χ0n) is 10.4. The lowest BCUT2D eigenvalue weighted by atomic mass is 10.1. The Morgan fingerprint density at radius 3 is 2.74 bits per heavy atom. The molecule has 2 amide bonds. The first kappa shape index (κ1) is 13.4. The van der Waals surface area contributed by atoms with Crippen LogP contribution in [-0.2, 0) is 0 Å². The second kappa shape index (κ2) is 5.71. The molecule has 0 aliphatic carbocycles. The van der Waals surface area contributed by atoms with E-state index >= 15 is 0 Å². The molecule has 2 rings (SSSR count). The standard InChI is InChI=1S/C13H16N2O4/c16-8-9-5-6-15(7-9)12(17)10-3-1-2-4-11(10)14-13(18)19/h1-4,9,14,16H,5-8H2,(H,18,19). The van der Waals surface area contributed by atoms with Gasteiger partial charge in [-0.3, -0.25) is 10.1 Å². The third kappa shape index (κ3) is 3.03. The van der Waals surface area contributed by atoms with Gasteiger partial charge in [0.05, 0.1) is 11.3 Å². The van der Waals surface area contributed by atoms with Crippen molar-refractivity contribution in [3.8, 4) is 0 Å². The molecule has 6 nitrogen and oxygen atoms in total. The maximum absolute atomic E-state index is 12.3. The number of likely N-dealkylation sites (tertiary alicyclic amines) is 1. The molecule has 1 heterocycles. The molecule has 1 aliphatic rings. The van der Waals surface area contributed by atoms with Crippen LogP contribution in [0.2, 0.25) is 0 Å². The molecule has 6 heteroatoms. The molecule has 1 aliphatic heterocycles. The number of hydrogen-bond donors (Lipinski definition) is 3. The molecular weight excluding hydrogens is 248 g/mol. The Labute approximate surface area is 110 Å². The van der Waals surface area contributed by atoms with Gasteiger partial charge in [-0.2, -0.15) is 0 Å². The Balaban J connectivity index is 2.17. The first-order valence-corrected chi connectivity index (χ1v) is 6.11. The molecule has 19 heavy (non-hydrogen) atoms. The average molecular weight is 264 g/mol. The van der Waals surface area contributed by atoms with Gasteiger partial charge >= 0.3 is 6.09 Å². The predicted molar refractivity (Wildman–Crippen MR) is 69.2 cm³/mol. The van der Waals surface area contributed by atoms with E-state index < -0.39 is 6.09 Å². The monoisotopic (exact) mass is 264 g/mol. The van der Waals surface area contributed by atoms with E-state index in [1.165, 1.54) is 0 Å². The molecule has 1 atom stereocenters. The van der Waals surface area contributed by atoms with Crippen molar-refractivity contribution in [1.82, 2.24) is 4.90 Å². The van der Waals surface area contributed by atoms with Crippen molar-refractivity contribution in [3.05, 3.63) is 29.8 Å². The summed E-state index contributed by atoms with van der Waals surface area (Å²) < 4.78 is 0. The summed E-state index contributed by atoms with van der Waals surface area (Å²) in [5.74, 6) is -0.0937. The van der Waals surface area contributed by atoms with Crippen molar-refractivity contribution >= 4 is 17.7 Å². The Hall–Kier alpha value is -2.08. The van der Waals surface area contributed by atoms with Crippen molar-refractivity contribution in [2.45, 2.75) is 6.42 Å². The van der Waals surface area contributed by atoms with E-state index in [-0.39, 0.29) is 24.1 Å². The molecule has 0 radical (unpaired) electrons. The lowest BCUT2D eigenvalue weighted by Crippen LogP contribution is -2.30. The first-order valence-electron chi connectivity index (χ1n) is 6.11. The quantitative estimate of drug-likeness (QED) is 0.766. The van der Waals surface area contributed by atoms with Gasteiger partial charge in [-0.05, 0) is 18.6 Å². The predicted octanol–water partition coefficient (Wildman–Crippen LogP) is 1.23. The molecule has 1 aromatic rings. The normalized spacial score (nSPS) is 18.4. The maximum Gasteiger partial charge on any atom is 0.409 e. The summed E-state index contributed by atoms with van der Waals surface area (Å²) in [4.78, 5) is 24.7. The van der Waals surface area contributed by atoms with Crippen LogP contribution in [0.15, 0.2) is 24.3 Å². The topological polar surface area (TPSA) is 89.9 Å². The molecule has 3 N–H and O–H groups in total. The van der Waals surface area contributed by atoms with Gasteiger partial charge in [-0.1, -0.05) is 12.1 Å². The highest BCUT2D eigenvalue weighted by Crippen LogP contribution is 2.22. The fourth-order valence-corrected chi connectivity index (χ4v) is 2.23. The summed E-state index contributed by atoms with van der Waals surface area (Å²) >= 11 is 0. The molecule has 1 aromatic carbocycles. The summed E-state index contributed by atoms with van der Waals surface area (Å²) in [5, 5.41) is 20.1. The van der Waals surface area contributed by atoms with Crippen molar-refractivity contribution in [2.24, 2.45) is 5.92 Å². The van der Waals surface area contributed by atoms with Crippen LogP contribution >= 0.6 is 0 Å².